The molecule has 0 radical (unpaired) electrons. The molecule has 1 aromatic heterocycles. The Balaban J connectivity index is 3.03. The van der Waals surface area contributed by atoms with Crippen LogP contribution >= 0.6 is 23.2 Å². The Hall–Kier alpha value is -0.210. The fraction of sp³-hybridized carbons (Fsp3) is 0.667. The van der Waals surface area contributed by atoms with Gasteiger partial charge in [-0.25, -0.2) is 0 Å². The molecule has 0 aromatic carbocycles. The van der Waals surface area contributed by atoms with Crippen molar-refractivity contribution in [1.82, 2.24) is 9.78 Å². The molecular weight excluding hydrogens is 207 g/mol. The van der Waals surface area contributed by atoms with Crippen LogP contribution in [0, 0.1) is 0 Å². The van der Waals surface area contributed by atoms with Crippen molar-refractivity contribution in [3.8, 4) is 0 Å². The fourth-order valence-corrected chi connectivity index (χ4v) is 1.95. The summed E-state index contributed by atoms with van der Waals surface area (Å²) in [5, 5.41) is 5.09. The van der Waals surface area contributed by atoms with E-state index in [1.54, 1.807) is 0 Å². The van der Waals surface area contributed by atoms with Crippen LogP contribution in [0.2, 0.25) is 5.15 Å². The van der Waals surface area contributed by atoms with E-state index in [2.05, 4.69) is 18.9 Å². The summed E-state index contributed by atoms with van der Waals surface area (Å²) in [7, 11) is 0. The molecule has 74 valence electrons. The third-order valence-electron chi connectivity index (χ3n) is 1.97. The van der Waals surface area contributed by atoms with Crippen LogP contribution in [0.15, 0.2) is 0 Å². The largest absolute Gasteiger partial charge is 0.253 e. The first-order valence-electron chi connectivity index (χ1n) is 4.54. The minimum atomic E-state index is 0.450. The molecule has 2 nitrogen and oxygen atoms in total. The fourth-order valence-electron chi connectivity index (χ4n) is 1.30. The van der Waals surface area contributed by atoms with Crippen LogP contribution in [-0.4, -0.2) is 9.78 Å². The number of alkyl halides is 1. The van der Waals surface area contributed by atoms with E-state index in [0.29, 0.717) is 11.0 Å². The average Bonchev–Trinajstić information content (AvgIpc) is 2.44. The van der Waals surface area contributed by atoms with Gasteiger partial charge in [0.2, 0.25) is 0 Å². The Morgan fingerprint density at radius 2 is 2.08 bits per heavy atom. The summed E-state index contributed by atoms with van der Waals surface area (Å²) in [6.45, 7) is 5.03. The van der Waals surface area contributed by atoms with Crippen LogP contribution in [0.1, 0.15) is 31.5 Å². The van der Waals surface area contributed by atoms with Crippen molar-refractivity contribution in [3.63, 3.8) is 0 Å². The molecule has 4 heteroatoms. The SMILES string of the molecule is CCCn1nc(CC)c(CCl)c1Cl. The molecule has 0 unspecified atom stereocenters. The van der Waals surface area contributed by atoms with Crippen molar-refractivity contribution in [2.75, 3.05) is 0 Å². The molecule has 13 heavy (non-hydrogen) atoms. The molecule has 0 saturated heterocycles. The summed E-state index contributed by atoms with van der Waals surface area (Å²) in [5.74, 6) is 0.450. The van der Waals surface area contributed by atoms with Gasteiger partial charge in [0, 0.05) is 12.1 Å². The zero-order chi connectivity index (χ0) is 9.84. The van der Waals surface area contributed by atoms with Crippen molar-refractivity contribution in [2.45, 2.75) is 39.1 Å². The maximum atomic E-state index is 6.10. The van der Waals surface area contributed by atoms with E-state index < -0.39 is 0 Å². The number of hydrogen-bond donors (Lipinski definition) is 0. The molecule has 0 atom stereocenters. The van der Waals surface area contributed by atoms with Gasteiger partial charge in [0.15, 0.2) is 0 Å². The minimum Gasteiger partial charge on any atom is -0.253 e. The van der Waals surface area contributed by atoms with Crippen molar-refractivity contribution in [2.24, 2.45) is 0 Å². The number of hydrogen-bond acceptors (Lipinski definition) is 1. The van der Waals surface area contributed by atoms with E-state index in [0.717, 1.165) is 30.6 Å². The molecule has 0 fully saturated rings. The van der Waals surface area contributed by atoms with Gasteiger partial charge < -0.3 is 0 Å². The van der Waals surface area contributed by atoms with Gasteiger partial charge in [-0.1, -0.05) is 25.4 Å². The number of aryl methyl sites for hydroxylation is 2. The van der Waals surface area contributed by atoms with Gasteiger partial charge in [0.25, 0.3) is 0 Å². The maximum Gasteiger partial charge on any atom is 0.131 e. The topological polar surface area (TPSA) is 17.8 Å². The van der Waals surface area contributed by atoms with Crippen LogP contribution < -0.4 is 0 Å². The Kier molecular flexibility index (Phi) is 4.07. The highest BCUT2D eigenvalue weighted by molar-refractivity contribution is 6.31. The average molecular weight is 221 g/mol. The van der Waals surface area contributed by atoms with E-state index in [1.807, 2.05) is 4.68 Å². The molecule has 0 aliphatic carbocycles. The Bertz CT molecular complexity index is 281. The standard InChI is InChI=1S/C9H14Cl2N2/c1-3-5-13-9(11)7(6-10)8(4-2)12-13/h3-6H2,1-2H3. The zero-order valence-corrected chi connectivity index (χ0v) is 9.49. The maximum absolute atomic E-state index is 6.10. The highest BCUT2D eigenvalue weighted by Gasteiger charge is 2.12. The number of nitrogens with zero attached hydrogens (tertiary/aromatic N) is 2. The van der Waals surface area contributed by atoms with Crippen molar-refractivity contribution >= 4 is 23.2 Å². The molecule has 1 heterocycles. The monoisotopic (exact) mass is 220 g/mol. The second-order valence-electron chi connectivity index (χ2n) is 2.93. The summed E-state index contributed by atoms with van der Waals surface area (Å²) in [5.41, 5.74) is 2.01. The quantitative estimate of drug-likeness (QED) is 0.713. The molecule has 0 saturated carbocycles. The van der Waals surface area contributed by atoms with Crippen molar-refractivity contribution in [1.29, 1.82) is 0 Å². The van der Waals surface area contributed by atoms with Crippen LogP contribution in [0.4, 0.5) is 0 Å². The second-order valence-corrected chi connectivity index (χ2v) is 3.55. The van der Waals surface area contributed by atoms with Crippen LogP contribution in [-0.2, 0) is 18.8 Å². The smallest absolute Gasteiger partial charge is 0.131 e. The third-order valence-corrected chi connectivity index (χ3v) is 2.66. The Morgan fingerprint density at radius 1 is 1.38 bits per heavy atom. The number of aromatic nitrogens is 2. The van der Waals surface area contributed by atoms with E-state index in [-0.39, 0.29) is 0 Å². The van der Waals surface area contributed by atoms with E-state index >= 15 is 0 Å². The normalized spacial score (nSPS) is 10.8. The molecule has 0 aliphatic rings. The molecular formula is C9H14Cl2N2. The van der Waals surface area contributed by atoms with Gasteiger partial charge in [-0.3, -0.25) is 4.68 Å². The van der Waals surface area contributed by atoms with Gasteiger partial charge in [0.1, 0.15) is 5.15 Å². The summed E-state index contributed by atoms with van der Waals surface area (Å²) in [6.07, 6.45) is 1.92. The van der Waals surface area contributed by atoms with Gasteiger partial charge in [0.05, 0.1) is 11.6 Å². The number of rotatable bonds is 4. The molecule has 0 amide bonds. The first kappa shape index (κ1) is 10.9. The molecule has 1 rings (SSSR count). The molecule has 0 N–H and O–H groups in total. The highest BCUT2D eigenvalue weighted by atomic mass is 35.5. The third kappa shape index (κ3) is 2.18. The van der Waals surface area contributed by atoms with Crippen molar-refractivity contribution in [3.05, 3.63) is 16.4 Å². The Labute approximate surface area is 88.8 Å². The van der Waals surface area contributed by atoms with Crippen molar-refractivity contribution < 1.29 is 0 Å². The highest BCUT2D eigenvalue weighted by Crippen LogP contribution is 2.22. The van der Waals surface area contributed by atoms with Gasteiger partial charge in [-0.05, 0) is 12.8 Å². The van der Waals surface area contributed by atoms with E-state index in [1.165, 1.54) is 0 Å². The predicted octanol–water partition coefficient (Wildman–Crippen LogP) is 3.25. The summed E-state index contributed by atoms with van der Waals surface area (Å²) in [4.78, 5) is 0. The predicted molar refractivity (Wildman–Crippen MR) is 56.5 cm³/mol. The van der Waals surface area contributed by atoms with Gasteiger partial charge in [-0.2, -0.15) is 5.10 Å². The number of halogens is 2. The zero-order valence-electron chi connectivity index (χ0n) is 7.98. The summed E-state index contributed by atoms with van der Waals surface area (Å²) >= 11 is 11.9. The minimum absolute atomic E-state index is 0.450. The second kappa shape index (κ2) is 4.87. The lowest BCUT2D eigenvalue weighted by Gasteiger charge is -1.98. The van der Waals surface area contributed by atoms with Gasteiger partial charge >= 0.3 is 0 Å². The lowest BCUT2D eigenvalue weighted by molar-refractivity contribution is 0.596. The van der Waals surface area contributed by atoms with Crippen LogP contribution in [0.25, 0.3) is 0 Å². The first-order chi connectivity index (χ1) is 6.24. The summed E-state index contributed by atoms with van der Waals surface area (Å²) < 4.78 is 1.83. The molecule has 0 spiro atoms. The lowest BCUT2D eigenvalue weighted by Crippen LogP contribution is -1.99. The first-order valence-corrected chi connectivity index (χ1v) is 5.45. The molecule has 1 aromatic rings. The van der Waals surface area contributed by atoms with Crippen LogP contribution in [0.3, 0.4) is 0 Å². The van der Waals surface area contributed by atoms with Crippen LogP contribution in [0.5, 0.6) is 0 Å². The molecule has 0 aliphatic heterocycles. The van der Waals surface area contributed by atoms with E-state index in [4.69, 9.17) is 23.2 Å². The molecule has 0 bridgehead atoms. The van der Waals surface area contributed by atoms with E-state index in [9.17, 15) is 0 Å². The Morgan fingerprint density at radius 3 is 2.46 bits per heavy atom. The summed E-state index contributed by atoms with van der Waals surface area (Å²) in [6, 6.07) is 0. The van der Waals surface area contributed by atoms with Gasteiger partial charge in [-0.15, -0.1) is 11.6 Å². The lowest BCUT2D eigenvalue weighted by atomic mass is 10.2.